The van der Waals surface area contributed by atoms with Gasteiger partial charge in [0.15, 0.2) is 0 Å². The molecule has 0 bridgehead atoms. The van der Waals surface area contributed by atoms with Crippen LogP contribution in [0.4, 0.5) is 0 Å². The van der Waals surface area contributed by atoms with Crippen molar-refractivity contribution in [1.29, 1.82) is 0 Å². The molecule has 1 aliphatic heterocycles. The molecule has 0 spiro atoms. The Morgan fingerprint density at radius 2 is 1.85 bits per heavy atom. The minimum Gasteiger partial charge on any atom is -0.349 e. The average molecular weight is 371 g/mol. The highest BCUT2D eigenvalue weighted by Gasteiger charge is 2.34. The van der Waals surface area contributed by atoms with Crippen LogP contribution in [0.2, 0.25) is 5.02 Å². The van der Waals surface area contributed by atoms with Crippen LogP contribution in [0.3, 0.4) is 0 Å². The smallest absolute Gasteiger partial charge is 0.225 e. The number of rotatable bonds is 5. The topological polar surface area (TPSA) is 49.4 Å². The van der Waals surface area contributed by atoms with Crippen LogP contribution in [0.15, 0.2) is 48.5 Å². The molecule has 2 unspecified atom stereocenters. The van der Waals surface area contributed by atoms with E-state index >= 15 is 0 Å². The van der Waals surface area contributed by atoms with Gasteiger partial charge >= 0.3 is 0 Å². The maximum atomic E-state index is 12.6. The van der Waals surface area contributed by atoms with Crippen molar-refractivity contribution in [2.45, 2.75) is 32.9 Å². The Labute approximate surface area is 159 Å². The molecule has 0 aliphatic carbocycles. The Balaban J connectivity index is 1.57. The van der Waals surface area contributed by atoms with Gasteiger partial charge in [-0.2, -0.15) is 0 Å². The number of hydrogen-bond acceptors (Lipinski definition) is 2. The van der Waals surface area contributed by atoms with E-state index in [1.54, 1.807) is 4.90 Å². The van der Waals surface area contributed by atoms with Crippen molar-refractivity contribution >= 4 is 23.4 Å². The minimum absolute atomic E-state index is 0.0323. The molecule has 5 heteroatoms. The summed E-state index contributed by atoms with van der Waals surface area (Å²) in [6.45, 7) is 4.98. The number of carbonyl (C=O) groups is 2. The normalized spacial score (nSPS) is 18.0. The van der Waals surface area contributed by atoms with Crippen molar-refractivity contribution < 1.29 is 9.59 Å². The van der Waals surface area contributed by atoms with Gasteiger partial charge in [0.05, 0.1) is 12.0 Å². The molecule has 1 aliphatic rings. The number of nitrogens with one attached hydrogen (secondary N) is 1. The number of benzene rings is 2. The summed E-state index contributed by atoms with van der Waals surface area (Å²) < 4.78 is 0. The molecule has 1 heterocycles. The average Bonchev–Trinajstić information content (AvgIpc) is 2.98. The Hall–Kier alpha value is -2.33. The molecule has 0 saturated carbocycles. The van der Waals surface area contributed by atoms with E-state index in [-0.39, 0.29) is 30.2 Å². The zero-order chi connectivity index (χ0) is 18.7. The molecule has 0 radical (unpaired) electrons. The van der Waals surface area contributed by atoms with E-state index in [9.17, 15) is 9.59 Å². The molecule has 2 atom stereocenters. The summed E-state index contributed by atoms with van der Waals surface area (Å²) in [6, 6.07) is 15.4. The fourth-order valence-corrected chi connectivity index (χ4v) is 3.31. The number of aryl methyl sites for hydroxylation is 1. The SMILES string of the molecule is Cc1ccc(CN2CC(C(=O)NC(C)c3ccc(Cl)cc3)CC2=O)cc1. The van der Waals surface area contributed by atoms with Crippen LogP contribution in [-0.4, -0.2) is 23.3 Å². The first kappa shape index (κ1) is 18.5. The van der Waals surface area contributed by atoms with Gasteiger partial charge in [-0.25, -0.2) is 0 Å². The lowest BCUT2D eigenvalue weighted by atomic mass is 10.1. The van der Waals surface area contributed by atoms with E-state index in [1.807, 2.05) is 62.4 Å². The highest BCUT2D eigenvalue weighted by atomic mass is 35.5. The van der Waals surface area contributed by atoms with Crippen LogP contribution in [0.25, 0.3) is 0 Å². The lowest BCUT2D eigenvalue weighted by molar-refractivity contribution is -0.129. The number of likely N-dealkylation sites (tertiary alicyclic amines) is 1. The van der Waals surface area contributed by atoms with Crippen LogP contribution >= 0.6 is 11.6 Å². The Morgan fingerprint density at radius 1 is 1.19 bits per heavy atom. The van der Waals surface area contributed by atoms with Gasteiger partial charge < -0.3 is 10.2 Å². The molecule has 1 fully saturated rings. The summed E-state index contributed by atoms with van der Waals surface area (Å²) in [4.78, 5) is 26.6. The van der Waals surface area contributed by atoms with Gasteiger partial charge in [0.1, 0.15) is 0 Å². The third kappa shape index (κ3) is 4.44. The van der Waals surface area contributed by atoms with Gasteiger partial charge in [-0.15, -0.1) is 0 Å². The van der Waals surface area contributed by atoms with Crippen LogP contribution in [0, 0.1) is 12.8 Å². The number of carbonyl (C=O) groups excluding carboxylic acids is 2. The van der Waals surface area contributed by atoms with Gasteiger partial charge in [-0.05, 0) is 37.1 Å². The zero-order valence-corrected chi connectivity index (χ0v) is 15.8. The van der Waals surface area contributed by atoms with E-state index in [1.165, 1.54) is 5.56 Å². The second-order valence-electron chi connectivity index (χ2n) is 6.94. The first-order chi connectivity index (χ1) is 12.4. The summed E-state index contributed by atoms with van der Waals surface area (Å²) in [7, 11) is 0. The second kappa shape index (κ2) is 7.92. The van der Waals surface area contributed by atoms with Gasteiger partial charge in [0, 0.05) is 24.5 Å². The molecule has 1 saturated heterocycles. The fraction of sp³-hybridized carbons (Fsp3) is 0.333. The largest absolute Gasteiger partial charge is 0.349 e. The van der Waals surface area contributed by atoms with E-state index in [0.29, 0.717) is 18.1 Å². The fourth-order valence-electron chi connectivity index (χ4n) is 3.18. The summed E-state index contributed by atoms with van der Waals surface area (Å²) >= 11 is 5.90. The van der Waals surface area contributed by atoms with Crippen LogP contribution in [-0.2, 0) is 16.1 Å². The first-order valence-corrected chi connectivity index (χ1v) is 9.19. The van der Waals surface area contributed by atoms with Gasteiger partial charge in [-0.3, -0.25) is 9.59 Å². The standard InChI is InChI=1S/C21H23ClN2O2/c1-14-3-5-16(6-4-14)12-24-13-18(11-20(24)25)21(26)23-15(2)17-7-9-19(22)10-8-17/h3-10,15,18H,11-13H2,1-2H3,(H,23,26). The van der Waals surface area contributed by atoms with E-state index in [2.05, 4.69) is 5.32 Å². The molecule has 2 aromatic rings. The molecule has 4 nitrogen and oxygen atoms in total. The number of halogens is 1. The van der Waals surface area contributed by atoms with Crippen LogP contribution in [0.5, 0.6) is 0 Å². The lowest BCUT2D eigenvalue weighted by Gasteiger charge is -2.19. The number of nitrogens with zero attached hydrogens (tertiary/aromatic N) is 1. The molecule has 1 N–H and O–H groups in total. The molecule has 3 rings (SSSR count). The monoisotopic (exact) mass is 370 g/mol. The first-order valence-electron chi connectivity index (χ1n) is 8.81. The summed E-state index contributed by atoms with van der Waals surface area (Å²) in [5.74, 6) is -0.347. The van der Waals surface area contributed by atoms with Crippen molar-refractivity contribution in [1.82, 2.24) is 10.2 Å². The minimum atomic E-state index is -0.303. The highest BCUT2D eigenvalue weighted by Crippen LogP contribution is 2.22. The molecular formula is C21H23ClN2O2. The highest BCUT2D eigenvalue weighted by molar-refractivity contribution is 6.30. The maximum absolute atomic E-state index is 12.6. The summed E-state index contributed by atoms with van der Waals surface area (Å²) in [5.41, 5.74) is 3.26. The summed E-state index contributed by atoms with van der Waals surface area (Å²) in [6.07, 6.45) is 0.269. The Kier molecular flexibility index (Phi) is 5.62. The predicted molar refractivity (Wildman–Crippen MR) is 103 cm³/mol. The van der Waals surface area contributed by atoms with E-state index < -0.39 is 0 Å². The molecule has 2 aromatic carbocycles. The summed E-state index contributed by atoms with van der Waals surface area (Å²) in [5, 5.41) is 3.68. The molecule has 26 heavy (non-hydrogen) atoms. The third-order valence-electron chi connectivity index (χ3n) is 4.81. The predicted octanol–water partition coefficient (Wildman–Crippen LogP) is 3.87. The molecule has 2 amide bonds. The van der Waals surface area contributed by atoms with Crippen molar-refractivity contribution in [2.24, 2.45) is 5.92 Å². The Morgan fingerprint density at radius 3 is 2.50 bits per heavy atom. The van der Waals surface area contributed by atoms with Crippen LogP contribution < -0.4 is 5.32 Å². The molecule has 0 aromatic heterocycles. The second-order valence-corrected chi connectivity index (χ2v) is 7.38. The van der Waals surface area contributed by atoms with E-state index in [0.717, 1.165) is 11.1 Å². The maximum Gasteiger partial charge on any atom is 0.225 e. The number of hydrogen-bond donors (Lipinski definition) is 1. The zero-order valence-electron chi connectivity index (χ0n) is 15.0. The lowest BCUT2D eigenvalue weighted by Crippen LogP contribution is -2.34. The number of amides is 2. The van der Waals surface area contributed by atoms with E-state index in [4.69, 9.17) is 11.6 Å². The quantitative estimate of drug-likeness (QED) is 0.868. The third-order valence-corrected chi connectivity index (χ3v) is 5.06. The van der Waals surface area contributed by atoms with Gasteiger partial charge in [-0.1, -0.05) is 53.6 Å². The van der Waals surface area contributed by atoms with Crippen molar-refractivity contribution in [3.05, 3.63) is 70.2 Å². The Bertz CT molecular complexity index is 787. The van der Waals surface area contributed by atoms with Crippen molar-refractivity contribution in [2.75, 3.05) is 6.54 Å². The molecule has 136 valence electrons. The molecular weight excluding hydrogens is 348 g/mol. The van der Waals surface area contributed by atoms with Crippen molar-refractivity contribution in [3.8, 4) is 0 Å². The van der Waals surface area contributed by atoms with Crippen LogP contribution in [0.1, 0.15) is 36.1 Å². The van der Waals surface area contributed by atoms with Gasteiger partial charge in [0.2, 0.25) is 11.8 Å². The van der Waals surface area contributed by atoms with Crippen molar-refractivity contribution in [3.63, 3.8) is 0 Å². The van der Waals surface area contributed by atoms with Gasteiger partial charge in [0.25, 0.3) is 0 Å².